The van der Waals surface area contributed by atoms with Gasteiger partial charge in [-0.25, -0.2) is 0 Å². The lowest BCUT2D eigenvalue weighted by Crippen LogP contribution is -2.44. The molecule has 2 fully saturated rings. The Morgan fingerprint density at radius 1 is 1.17 bits per heavy atom. The van der Waals surface area contributed by atoms with Crippen LogP contribution in [0.25, 0.3) is 0 Å². The molecule has 1 amide bonds. The third-order valence-electron chi connectivity index (χ3n) is 6.82. The molecule has 5 rings (SSSR count). The van der Waals surface area contributed by atoms with Gasteiger partial charge in [-0.05, 0) is 48.6 Å². The standard InChI is InChI=1S/C24H25NO5/c1-28-15-9-14(10-16(11-15)29-2)13-25-23(27)21-18-7-8-24(22(18)21)12-19(26)17-5-3-4-6-20(17)30-24/h3-6,9-11,18,21-22H,7-8,12-13H2,1-2H3,(H,25,27)/t18-,21+,22+,24-/m1/s1. The molecule has 1 spiro atoms. The van der Waals surface area contributed by atoms with Gasteiger partial charge in [0.05, 0.1) is 26.2 Å². The van der Waals surface area contributed by atoms with E-state index < -0.39 is 5.60 Å². The molecule has 2 aromatic rings. The zero-order valence-electron chi connectivity index (χ0n) is 17.1. The molecule has 3 aliphatic rings. The fraction of sp³-hybridized carbons (Fsp3) is 0.417. The number of nitrogens with one attached hydrogen (secondary N) is 1. The van der Waals surface area contributed by atoms with Gasteiger partial charge in [-0.2, -0.15) is 0 Å². The number of methoxy groups -OCH3 is 2. The Morgan fingerprint density at radius 3 is 2.63 bits per heavy atom. The van der Waals surface area contributed by atoms with Gasteiger partial charge in [-0.1, -0.05) is 12.1 Å². The maximum atomic E-state index is 12.9. The van der Waals surface area contributed by atoms with E-state index >= 15 is 0 Å². The molecule has 0 unspecified atom stereocenters. The predicted molar refractivity (Wildman–Crippen MR) is 110 cm³/mol. The summed E-state index contributed by atoms with van der Waals surface area (Å²) >= 11 is 0. The number of benzene rings is 2. The van der Waals surface area contributed by atoms with E-state index in [2.05, 4.69) is 5.32 Å². The minimum atomic E-state index is -0.530. The molecule has 0 radical (unpaired) electrons. The van der Waals surface area contributed by atoms with E-state index in [1.54, 1.807) is 20.3 Å². The minimum absolute atomic E-state index is 0.0285. The van der Waals surface area contributed by atoms with Crippen molar-refractivity contribution in [2.75, 3.05) is 14.2 Å². The predicted octanol–water partition coefficient (Wildman–Crippen LogP) is 3.38. The highest BCUT2D eigenvalue weighted by molar-refractivity contribution is 6.00. The summed E-state index contributed by atoms with van der Waals surface area (Å²) in [5.74, 6) is 2.49. The Bertz CT molecular complexity index is 996. The molecule has 0 bridgehead atoms. The van der Waals surface area contributed by atoms with Crippen LogP contribution in [-0.2, 0) is 11.3 Å². The molecule has 2 aromatic carbocycles. The summed E-state index contributed by atoms with van der Waals surface area (Å²) in [7, 11) is 3.21. The monoisotopic (exact) mass is 407 g/mol. The number of hydrogen-bond donors (Lipinski definition) is 1. The summed E-state index contributed by atoms with van der Waals surface area (Å²) in [5.41, 5.74) is 1.04. The average Bonchev–Trinajstić information content (AvgIpc) is 3.42. The molecule has 30 heavy (non-hydrogen) atoms. The number of hydrogen-bond acceptors (Lipinski definition) is 5. The Labute approximate surface area is 175 Å². The molecule has 4 atom stereocenters. The van der Waals surface area contributed by atoms with E-state index in [0.717, 1.165) is 18.4 Å². The van der Waals surface area contributed by atoms with E-state index in [-0.39, 0.29) is 23.5 Å². The molecule has 1 heterocycles. The second-order valence-electron chi connectivity index (χ2n) is 8.46. The van der Waals surface area contributed by atoms with Crippen LogP contribution >= 0.6 is 0 Å². The van der Waals surface area contributed by atoms with Crippen molar-refractivity contribution in [1.82, 2.24) is 5.32 Å². The van der Waals surface area contributed by atoms with Crippen LogP contribution in [0.5, 0.6) is 17.2 Å². The van der Waals surface area contributed by atoms with Gasteiger partial charge in [0.25, 0.3) is 0 Å². The van der Waals surface area contributed by atoms with E-state index in [1.807, 2.05) is 36.4 Å². The maximum absolute atomic E-state index is 12.9. The number of para-hydroxylation sites is 1. The molecule has 1 N–H and O–H groups in total. The number of ether oxygens (including phenoxy) is 3. The Balaban J connectivity index is 1.28. The van der Waals surface area contributed by atoms with Crippen molar-refractivity contribution in [3.63, 3.8) is 0 Å². The molecule has 156 valence electrons. The van der Waals surface area contributed by atoms with Crippen LogP contribution < -0.4 is 19.5 Å². The van der Waals surface area contributed by atoms with E-state index in [9.17, 15) is 9.59 Å². The highest BCUT2D eigenvalue weighted by Gasteiger charge is 2.70. The van der Waals surface area contributed by atoms with Crippen LogP contribution in [0.4, 0.5) is 0 Å². The largest absolute Gasteiger partial charge is 0.497 e. The Hall–Kier alpha value is -3.02. The van der Waals surface area contributed by atoms with Gasteiger partial charge in [0, 0.05) is 24.4 Å². The fourth-order valence-electron chi connectivity index (χ4n) is 5.39. The minimum Gasteiger partial charge on any atom is -0.497 e. The first kappa shape index (κ1) is 19.0. The van der Waals surface area contributed by atoms with Crippen LogP contribution in [0.3, 0.4) is 0 Å². The van der Waals surface area contributed by atoms with Gasteiger partial charge in [0.2, 0.25) is 5.91 Å². The van der Waals surface area contributed by atoms with Crippen molar-refractivity contribution in [1.29, 1.82) is 0 Å². The van der Waals surface area contributed by atoms with Gasteiger partial charge in [0.1, 0.15) is 22.8 Å². The van der Waals surface area contributed by atoms with Gasteiger partial charge < -0.3 is 19.5 Å². The maximum Gasteiger partial charge on any atom is 0.224 e. The molecule has 0 saturated heterocycles. The number of fused-ring (bicyclic) bond motifs is 3. The first-order valence-corrected chi connectivity index (χ1v) is 10.4. The smallest absolute Gasteiger partial charge is 0.224 e. The summed E-state index contributed by atoms with van der Waals surface area (Å²) in [6.07, 6.45) is 2.12. The number of rotatable bonds is 5. The third-order valence-corrected chi connectivity index (χ3v) is 6.82. The van der Waals surface area contributed by atoms with Gasteiger partial charge in [0.15, 0.2) is 5.78 Å². The van der Waals surface area contributed by atoms with Crippen molar-refractivity contribution in [2.45, 2.75) is 31.4 Å². The highest BCUT2D eigenvalue weighted by Crippen LogP contribution is 2.65. The fourth-order valence-corrected chi connectivity index (χ4v) is 5.39. The van der Waals surface area contributed by atoms with Gasteiger partial charge in [-0.3, -0.25) is 9.59 Å². The molecule has 6 nitrogen and oxygen atoms in total. The van der Waals surface area contributed by atoms with Crippen molar-refractivity contribution < 1.29 is 23.8 Å². The van der Waals surface area contributed by atoms with Crippen molar-refractivity contribution >= 4 is 11.7 Å². The molecular weight excluding hydrogens is 382 g/mol. The second kappa shape index (κ2) is 7.04. The normalized spacial score (nSPS) is 28.3. The third kappa shape index (κ3) is 3.02. The van der Waals surface area contributed by atoms with Crippen LogP contribution in [0, 0.1) is 17.8 Å². The first-order chi connectivity index (χ1) is 14.5. The van der Waals surface area contributed by atoms with Gasteiger partial charge in [-0.15, -0.1) is 0 Å². The van der Waals surface area contributed by atoms with Gasteiger partial charge >= 0.3 is 0 Å². The molecule has 2 aliphatic carbocycles. The molecule has 0 aromatic heterocycles. The topological polar surface area (TPSA) is 73.9 Å². The molecule has 1 aliphatic heterocycles. The Kier molecular flexibility index (Phi) is 4.45. The summed E-state index contributed by atoms with van der Waals surface area (Å²) in [6.45, 7) is 0.401. The van der Waals surface area contributed by atoms with E-state index in [1.165, 1.54) is 0 Å². The van der Waals surface area contributed by atoms with E-state index in [4.69, 9.17) is 14.2 Å². The van der Waals surface area contributed by atoms with Crippen molar-refractivity contribution in [2.24, 2.45) is 17.8 Å². The van der Waals surface area contributed by atoms with Crippen LogP contribution in [-0.4, -0.2) is 31.5 Å². The van der Waals surface area contributed by atoms with Crippen LogP contribution in [0.15, 0.2) is 42.5 Å². The second-order valence-corrected chi connectivity index (χ2v) is 8.46. The number of Topliss-reactive ketones (excluding diaryl/α,β-unsaturated/α-hetero) is 1. The number of ketones is 1. The molecule has 6 heteroatoms. The summed E-state index contributed by atoms with van der Waals surface area (Å²) in [6, 6.07) is 13.0. The zero-order chi connectivity index (χ0) is 20.9. The summed E-state index contributed by atoms with van der Waals surface area (Å²) in [4.78, 5) is 25.7. The van der Waals surface area contributed by atoms with E-state index in [0.29, 0.717) is 41.7 Å². The quantitative estimate of drug-likeness (QED) is 0.823. The lowest BCUT2D eigenvalue weighted by Gasteiger charge is -2.37. The van der Waals surface area contributed by atoms with Crippen molar-refractivity contribution in [3.05, 3.63) is 53.6 Å². The SMILES string of the molecule is COc1cc(CNC(=O)[C@H]2[C@H]3CC[C@@]4(CC(=O)c5ccccc5O4)[C@@H]32)cc(OC)c1. The first-order valence-electron chi connectivity index (χ1n) is 10.4. The summed E-state index contributed by atoms with van der Waals surface area (Å²) in [5, 5.41) is 3.05. The average molecular weight is 407 g/mol. The lowest BCUT2D eigenvalue weighted by molar-refractivity contribution is -0.124. The summed E-state index contributed by atoms with van der Waals surface area (Å²) < 4.78 is 17.0. The van der Waals surface area contributed by atoms with Crippen molar-refractivity contribution in [3.8, 4) is 17.2 Å². The lowest BCUT2D eigenvalue weighted by atomic mass is 9.84. The number of amides is 1. The van der Waals surface area contributed by atoms with Crippen LogP contribution in [0.1, 0.15) is 35.2 Å². The molecule has 2 saturated carbocycles. The number of carbonyl (C=O) groups excluding carboxylic acids is 2. The highest BCUT2D eigenvalue weighted by atomic mass is 16.5. The van der Waals surface area contributed by atoms with Crippen LogP contribution in [0.2, 0.25) is 0 Å². The molecular formula is C24H25NO5. The zero-order valence-corrected chi connectivity index (χ0v) is 17.1. The Morgan fingerprint density at radius 2 is 1.90 bits per heavy atom. The number of carbonyl (C=O) groups is 2.